The van der Waals surface area contributed by atoms with Gasteiger partial charge in [-0.3, -0.25) is 0 Å². The molecule has 2 fully saturated rings. The monoisotopic (exact) mass is 323 g/mol. The van der Waals surface area contributed by atoms with E-state index in [0.29, 0.717) is 0 Å². The number of halogens is 1. The van der Waals surface area contributed by atoms with Crippen molar-refractivity contribution in [2.75, 3.05) is 27.2 Å². The Kier molecular flexibility index (Phi) is 4.50. The second-order valence-corrected chi connectivity index (χ2v) is 6.57. The zero-order valence-electron chi connectivity index (χ0n) is 10.6. The van der Waals surface area contributed by atoms with E-state index in [-0.39, 0.29) is 24.0 Å². The lowest BCUT2D eigenvalue weighted by Crippen LogP contribution is -3.00. The predicted octanol–water partition coefficient (Wildman–Crippen LogP) is 0.0571. The Morgan fingerprint density at radius 3 is 1.87 bits per heavy atom. The Labute approximate surface area is 112 Å². The third-order valence-electron chi connectivity index (χ3n) is 4.83. The molecular formula is C13H26IN. The minimum atomic E-state index is 0. The van der Waals surface area contributed by atoms with Crippen molar-refractivity contribution in [3.8, 4) is 0 Å². The minimum absolute atomic E-state index is 0. The van der Waals surface area contributed by atoms with Crippen LogP contribution in [0.4, 0.5) is 0 Å². The lowest BCUT2D eigenvalue weighted by Gasteiger charge is -2.47. The fourth-order valence-corrected chi connectivity index (χ4v) is 3.19. The van der Waals surface area contributed by atoms with Gasteiger partial charge >= 0.3 is 0 Å². The fourth-order valence-electron chi connectivity index (χ4n) is 3.19. The van der Waals surface area contributed by atoms with Crippen LogP contribution in [0.3, 0.4) is 0 Å². The van der Waals surface area contributed by atoms with Crippen molar-refractivity contribution in [3.63, 3.8) is 0 Å². The molecule has 1 heterocycles. The molecule has 0 unspecified atom stereocenters. The topological polar surface area (TPSA) is 0 Å². The zero-order valence-corrected chi connectivity index (χ0v) is 12.7. The molecule has 0 radical (unpaired) electrons. The summed E-state index contributed by atoms with van der Waals surface area (Å²) in [6, 6.07) is 0. The highest BCUT2D eigenvalue weighted by molar-refractivity contribution is 4.86. The van der Waals surface area contributed by atoms with Gasteiger partial charge in [-0.2, -0.15) is 0 Å². The molecule has 1 aliphatic heterocycles. The maximum absolute atomic E-state index is 2.43. The van der Waals surface area contributed by atoms with E-state index in [1.165, 1.54) is 56.1 Å². The van der Waals surface area contributed by atoms with Gasteiger partial charge < -0.3 is 28.5 Å². The normalized spacial score (nSPS) is 29.8. The van der Waals surface area contributed by atoms with Gasteiger partial charge in [-0.25, -0.2) is 0 Å². The van der Waals surface area contributed by atoms with Crippen LogP contribution in [-0.2, 0) is 0 Å². The molecule has 0 N–H and O–H groups in total. The molecule has 0 amide bonds. The van der Waals surface area contributed by atoms with Gasteiger partial charge in [0.15, 0.2) is 0 Å². The van der Waals surface area contributed by atoms with Crippen LogP contribution in [0.25, 0.3) is 0 Å². The first-order valence-corrected chi connectivity index (χ1v) is 6.33. The summed E-state index contributed by atoms with van der Waals surface area (Å²) < 4.78 is 1.26. The van der Waals surface area contributed by atoms with Gasteiger partial charge in [-0.05, 0) is 24.2 Å². The van der Waals surface area contributed by atoms with E-state index >= 15 is 0 Å². The highest BCUT2D eigenvalue weighted by Gasteiger charge is 2.40. The number of hydrogen-bond donors (Lipinski definition) is 0. The Morgan fingerprint density at radius 2 is 1.40 bits per heavy atom. The average molecular weight is 323 g/mol. The molecule has 1 saturated heterocycles. The molecule has 1 nitrogen and oxygen atoms in total. The van der Waals surface area contributed by atoms with Crippen LogP contribution in [0.5, 0.6) is 0 Å². The molecule has 1 saturated carbocycles. The molecule has 0 atom stereocenters. The second kappa shape index (κ2) is 4.91. The quantitative estimate of drug-likeness (QED) is 0.437. The van der Waals surface area contributed by atoms with Crippen LogP contribution in [-0.4, -0.2) is 31.7 Å². The number of quaternary nitrogens is 1. The highest BCUT2D eigenvalue weighted by Crippen LogP contribution is 2.46. The van der Waals surface area contributed by atoms with Crippen LogP contribution < -0.4 is 24.0 Å². The second-order valence-electron chi connectivity index (χ2n) is 6.57. The molecule has 1 aliphatic carbocycles. The van der Waals surface area contributed by atoms with Crippen molar-refractivity contribution < 1.29 is 28.5 Å². The number of likely N-dealkylation sites (tertiary alicyclic amines) is 1. The van der Waals surface area contributed by atoms with Gasteiger partial charge in [0.25, 0.3) is 0 Å². The molecular weight excluding hydrogens is 297 g/mol. The summed E-state index contributed by atoms with van der Waals surface area (Å²) in [5.74, 6) is 1.00. The van der Waals surface area contributed by atoms with Gasteiger partial charge in [0, 0.05) is 12.8 Å². The lowest BCUT2D eigenvalue weighted by atomic mass is 9.65. The summed E-state index contributed by atoms with van der Waals surface area (Å²) >= 11 is 0. The van der Waals surface area contributed by atoms with Gasteiger partial charge in [-0.15, -0.1) is 0 Å². The number of hydrogen-bond acceptors (Lipinski definition) is 0. The lowest BCUT2D eigenvalue weighted by molar-refractivity contribution is -0.897. The van der Waals surface area contributed by atoms with Gasteiger partial charge in [0.2, 0.25) is 0 Å². The predicted molar refractivity (Wildman–Crippen MR) is 61.1 cm³/mol. The minimum Gasteiger partial charge on any atom is -1.00 e. The number of rotatable bonds is 0. The maximum atomic E-state index is 2.43. The zero-order chi connectivity index (χ0) is 10.2. The SMILES string of the molecule is CC1CCC2(CC1)CC[N+](C)(C)CC2.[I-]. The molecule has 15 heavy (non-hydrogen) atoms. The van der Waals surface area contributed by atoms with E-state index in [1.807, 2.05) is 0 Å². The molecule has 0 bridgehead atoms. The first kappa shape index (κ1) is 13.8. The van der Waals surface area contributed by atoms with Crippen LogP contribution in [0.1, 0.15) is 45.4 Å². The molecule has 90 valence electrons. The molecule has 0 aromatic heterocycles. The van der Waals surface area contributed by atoms with E-state index in [0.717, 1.165) is 11.3 Å². The number of piperidine rings is 1. The summed E-state index contributed by atoms with van der Waals surface area (Å²) in [7, 11) is 4.77. The largest absolute Gasteiger partial charge is 1.00 e. The van der Waals surface area contributed by atoms with Gasteiger partial charge in [0.05, 0.1) is 27.2 Å². The van der Waals surface area contributed by atoms with Crippen molar-refractivity contribution in [3.05, 3.63) is 0 Å². The first-order chi connectivity index (χ1) is 6.52. The molecule has 0 aromatic rings. The summed E-state index contributed by atoms with van der Waals surface area (Å²) in [6.07, 6.45) is 9.02. The van der Waals surface area contributed by atoms with Crippen molar-refractivity contribution in [2.24, 2.45) is 11.3 Å². The van der Waals surface area contributed by atoms with E-state index < -0.39 is 0 Å². The van der Waals surface area contributed by atoms with Crippen LogP contribution in [0.2, 0.25) is 0 Å². The Morgan fingerprint density at radius 1 is 0.933 bits per heavy atom. The first-order valence-electron chi connectivity index (χ1n) is 6.33. The summed E-state index contributed by atoms with van der Waals surface area (Å²) in [5.41, 5.74) is 0.778. The summed E-state index contributed by atoms with van der Waals surface area (Å²) in [4.78, 5) is 0. The average Bonchev–Trinajstić information content (AvgIpc) is 2.16. The molecule has 2 rings (SSSR count). The molecule has 2 aliphatic rings. The number of nitrogens with zero attached hydrogens (tertiary/aromatic N) is 1. The van der Waals surface area contributed by atoms with E-state index in [1.54, 1.807) is 0 Å². The van der Waals surface area contributed by atoms with Gasteiger partial charge in [-0.1, -0.05) is 19.8 Å². The van der Waals surface area contributed by atoms with Crippen LogP contribution in [0.15, 0.2) is 0 Å². The Balaban J connectivity index is 0.00000112. The van der Waals surface area contributed by atoms with Crippen molar-refractivity contribution in [1.82, 2.24) is 0 Å². The maximum Gasteiger partial charge on any atom is 0.0787 e. The highest BCUT2D eigenvalue weighted by atomic mass is 127. The molecule has 0 aromatic carbocycles. The molecule has 2 heteroatoms. The standard InChI is InChI=1S/C13H26N.HI/c1-12-4-6-13(7-5-12)8-10-14(2,3)11-9-13;/h12H,4-11H2,1-3H3;1H/q+1;/p-1. The molecule has 1 spiro atoms. The van der Waals surface area contributed by atoms with Crippen LogP contribution in [0, 0.1) is 11.3 Å². The van der Waals surface area contributed by atoms with Crippen molar-refractivity contribution in [2.45, 2.75) is 45.4 Å². The smallest absolute Gasteiger partial charge is 0.0787 e. The Hall–Kier alpha value is 0.690. The van der Waals surface area contributed by atoms with E-state index in [4.69, 9.17) is 0 Å². The van der Waals surface area contributed by atoms with Crippen LogP contribution >= 0.6 is 0 Å². The summed E-state index contributed by atoms with van der Waals surface area (Å²) in [6.45, 7) is 5.25. The van der Waals surface area contributed by atoms with Crippen molar-refractivity contribution in [1.29, 1.82) is 0 Å². The summed E-state index contributed by atoms with van der Waals surface area (Å²) in [5, 5.41) is 0. The third-order valence-corrected chi connectivity index (χ3v) is 4.83. The fraction of sp³-hybridized carbons (Fsp3) is 1.00. The van der Waals surface area contributed by atoms with E-state index in [2.05, 4.69) is 21.0 Å². The van der Waals surface area contributed by atoms with Crippen molar-refractivity contribution >= 4 is 0 Å². The van der Waals surface area contributed by atoms with E-state index in [9.17, 15) is 0 Å². The third kappa shape index (κ3) is 3.32. The van der Waals surface area contributed by atoms with Gasteiger partial charge in [0.1, 0.15) is 0 Å². The Bertz CT molecular complexity index is 193.